The Morgan fingerprint density at radius 2 is 1.03 bits per heavy atom. The van der Waals surface area contributed by atoms with Gasteiger partial charge in [0.05, 0.1) is 6.10 Å². The number of fused-ring (bicyclic) bond motifs is 3. The van der Waals surface area contributed by atoms with E-state index < -0.39 is 0 Å². The van der Waals surface area contributed by atoms with Crippen molar-refractivity contribution in [3.63, 3.8) is 0 Å². The van der Waals surface area contributed by atoms with Gasteiger partial charge in [-0.05, 0) is 158 Å². The largest absolute Gasteiger partial charge is 0.488 e. The van der Waals surface area contributed by atoms with Crippen molar-refractivity contribution >= 4 is 0 Å². The maximum absolute atomic E-state index is 6.30. The minimum Gasteiger partial charge on any atom is -0.488 e. The number of ether oxygens (including phenoxy) is 5. The molecule has 3 aromatic rings. The molecular formula is C53H80O5. The second-order valence-electron chi connectivity index (χ2n) is 19.8. The van der Waals surface area contributed by atoms with Crippen molar-refractivity contribution in [1.82, 2.24) is 0 Å². The van der Waals surface area contributed by atoms with E-state index in [-0.39, 0.29) is 18.2 Å². The van der Waals surface area contributed by atoms with Crippen LogP contribution in [0.25, 0.3) is 0 Å². The van der Waals surface area contributed by atoms with Gasteiger partial charge < -0.3 is 23.7 Å². The van der Waals surface area contributed by atoms with Crippen LogP contribution in [0.5, 0.6) is 17.2 Å². The lowest BCUT2D eigenvalue weighted by Crippen LogP contribution is -2.32. The molecule has 8 unspecified atom stereocenters. The van der Waals surface area contributed by atoms with Gasteiger partial charge in [0.25, 0.3) is 0 Å². The molecule has 1 fully saturated rings. The Morgan fingerprint density at radius 1 is 0.569 bits per heavy atom. The third-order valence-corrected chi connectivity index (χ3v) is 14.0. The molecule has 4 aliphatic rings. The van der Waals surface area contributed by atoms with Crippen LogP contribution in [-0.2, 0) is 28.7 Å². The van der Waals surface area contributed by atoms with Gasteiger partial charge in [0, 0.05) is 18.9 Å². The van der Waals surface area contributed by atoms with Crippen LogP contribution in [0, 0.1) is 29.6 Å². The summed E-state index contributed by atoms with van der Waals surface area (Å²) in [5.74, 6) is 7.85. The van der Waals surface area contributed by atoms with E-state index in [0.29, 0.717) is 35.7 Å². The molecule has 0 amide bonds. The summed E-state index contributed by atoms with van der Waals surface area (Å²) >= 11 is 0. The Morgan fingerprint density at radius 3 is 1.57 bits per heavy atom. The Bertz CT molecular complexity index is 1740. The first-order valence-corrected chi connectivity index (χ1v) is 23.1. The first kappa shape index (κ1) is 46.1. The lowest BCUT2D eigenvalue weighted by atomic mass is 9.96. The minimum absolute atomic E-state index is 0.0654. The zero-order valence-electron chi connectivity index (χ0n) is 39.0. The van der Waals surface area contributed by atoms with Gasteiger partial charge in [-0.2, -0.15) is 0 Å². The Labute approximate surface area is 354 Å². The van der Waals surface area contributed by atoms with Crippen molar-refractivity contribution in [2.75, 3.05) is 7.11 Å². The van der Waals surface area contributed by atoms with Gasteiger partial charge in [-0.25, -0.2) is 0 Å². The summed E-state index contributed by atoms with van der Waals surface area (Å²) in [6.07, 6.45) is 11.0. The second kappa shape index (κ2) is 20.5. The molecule has 7 rings (SSSR count). The monoisotopic (exact) mass is 797 g/mol. The van der Waals surface area contributed by atoms with E-state index in [1.165, 1.54) is 84.7 Å². The number of methoxy groups -OCH3 is 1. The fourth-order valence-corrected chi connectivity index (χ4v) is 9.12. The molecule has 0 spiro atoms. The van der Waals surface area contributed by atoms with Crippen LogP contribution in [-0.4, -0.2) is 31.4 Å². The summed E-state index contributed by atoms with van der Waals surface area (Å²) in [5.41, 5.74) is 8.80. The van der Waals surface area contributed by atoms with Crippen LogP contribution >= 0.6 is 0 Å². The van der Waals surface area contributed by atoms with E-state index in [1.54, 1.807) is 7.11 Å². The summed E-state index contributed by atoms with van der Waals surface area (Å²) in [6.45, 7) is 29.0. The van der Waals surface area contributed by atoms with E-state index in [1.807, 2.05) is 0 Å². The van der Waals surface area contributed by atoms with E-state index in [0.717, 1.165) is 41.4 Å². The summed E-state index contributed by atoms with van der Waals surface area (Å²) < 4.78 is 29.9. The maximum atomic E-state index is 6.30. The average molecular weight is 797 g/mol. The summed E-state index contributed by atoms with van der Waals surface area (Å²) in [5, 5.41) is 0. The van der Waals surface area contributed by atoms with Crippen molar-refractivity contribution in [2.24, 2.45) is 29.6 Å². The normalized spacial score (nSPS) is 24.8. The fraction of sp³-hybridized carbons (Fsp3) is 0.660. The predicted octanol–water partition coefficient (Wildman–Crippen LogP) is 14.2. The fourth-order valence-electron chi connectivity index (χ4n) is 9.12. The summed E-state index contributed by atoms with van der Waals surface area (Å²) in [6, 6.07) is 19.7. The third-order valence-electron chi connectivity index (χ3n) is 14.0. The summed E-state index contributed by atoms with van der Waals surface area (Å²) in [4.78, 5) is 0. The van der Waals surface area contributed by atoms with E-state index in [2.05, 4.69) is 145 Å². The average Bonchev–Trinajstić information content (AvgIpc) is 3.76. The number of benzene rings is 3. The molecular weight excluding hydrogens is 717 g/mol. The van der Waals surface area contributed by atoms with Crippen LogP contribution in [0.3, 0.4) is 0 Å². The highest BCUT2D eigenvalue weighted by atomic mass is 16.7. The molecule has 58 heavy (non-hydrogen) atoms. The van der Waals surface area contributed by atoms with Gasteiger partial charge in [-0.1, -0.05) is 114 Å². The van der Waals surface area contributed by atoms with Gasteiger partial charge in [0.15, 0.2) is 0 Å². The molecule has 0 bridgehead atoms. The molecule has 5 heteroatoms. The van der Waals surface area contributed by atoms with Gasteiger partial charge in [-0.15, -0.1) is 0 Å². The number of hydrogen-bond acceptors (Lipinski definition) is 5. The van der Waals surface area contributed by atoms with Crippen molar-refractivity contribution in [2.45, 2.75) is 190 Å². The van der Waals surface area contributed by atoms with Crippen LogP contribution in [0.2, 0.25) is 0 Å². The van der Waals surface area contributed by atoms with E-state index >= 15 is 0 Å². The lowest BCUT2D eigenvalue weighted by Gasteiger charge is -2.30. The highest BCUT2D eigenvalue weighted by Crippen LogP contribution is 2.41. The smallest absolute Gasteiger partial charge is 0.202 e. The van der Waals surface area contributed by atoms with Crippen molar-refractivity contribution in [1.29, 1.82) is 0 Å². The molecule has 1 saturated carbocycles. The third kappa shape index (κ3) is 11.8. The minimum atomic E-state index is -0.169. The van der Waals surface area contributed by atoms with E-state index in [9.17, 15) is 0 Å². The number of hydrogen-bond donors (Lipinski definition) is 0. The molecule has 0 aromatic heterocycles. The molecule has 3 aromatic carbocycles. The van der Waals surface area contributed by atoms with Gasteiger partial charge >= 0.3 is 0 Å². The summed E-state index contributed by atoms with van der Waals surface area (Å²) in [7, 11) is 1.70. The molecule has 0 aliphatic heterocycles. The van der Waals surface area contributed by atoms with E-state index in [4.69, 9.17) is 23.7 Å². The number of rotatable bonds is 12. The molecule has 0 N–H and O–H groups in total. The van der Waals surface area contributed by atoms with Crippen LogP contribution in [0.4, 0.5) is 0 Å². The second-order valence-corrected chi connectivity index (χ2v) is 19.8. The van der Waals surface area contributed by atoms with Crippen molar-refractivity contribution < 1.29 is 23.7 Å². The molecule has 0 saturated heterocycles. The zero-order valence-corrected chi connectivity index (χ0v) is 39.0. The highest BCUT2D eigenvalue weighted by molar-refractivity contribution is 5.43. The maximum Gasteiger partial charge on any atom is 0.202 e. The molecule has 322 valence electrons. The Balaban J connectivity index is 0.000000168. The topological polar surface area (TPSA) is 46.2 Å². The van der Waals surface area contributed by atoms with Crippen molar-refractivity contribution in [3.8, 4) is 17.2 Å². The Hall–Kier alpha value is -3.02. The van der Waals surface area contributed by atoms with Gasteiger partial charge in [0.1, 0.15) is 22.8 Å². The SMILES string of the molecule is CC(C)C(Oc1ccc2c(c1)CC(C)C2C)OC1CCCCC1.CCC(C)(C)Oc1ccc2c(c1)CC(C)C2C.COC(Oc1ccc2c(c1)C(C)C(C)C2)C(C)C. The van der Waals surface area contributed by atoms with Crippen molar-refractivity contribution in [3.05, 3.63) is 88.0 Å². The first-order valence-electron chi connectivity index (χ1n) is 23.1. The quantitative estimate of drug-likeness (QED) is 0.171. The zero-order chi connectivity index (χ0) is 42.3. The highest BCUT2D eigenvalue weighted by Gasteiger charge is 2.30. The lowest BCUT2D eigenvalue weighted by molar-refractivity contribution is -0.150. The predicted molar refractivity (Wildman–Crippen MR) is 242 cm³/mol. The molecule has 4 aliphatic carbocycles. The molecule has 8 atom stereocenters. The van der Waals surface area contributed by atoms with Gasteiger partial charge in [-0.3, -0.25) is 0 Å². The van der Waals surface area contributed by atoms with Crippen LogP contribution in [0.15, 0.2) is 54.6 Å². The first-order chi connectivity index (χ1) is 27.5. The van der Waals surface area contributed by atoms with Crippen LogP contribution in [0.1, 0.15) is 180 Å². The molecule has 0 heterocycles. The Kier molecular flexibility index (Phi) is 16.3. The molecule has 5 nitrogen and oxygen atoms in total. The molecule has 0 radical (unpaired) electrons. The van der Waals surface area contributed by atoms with Crippen LogP contribution < -0.4 is 14.2 Å². The standard InChI is InChI=1S/C21H32O2.C16H24O2.C16H24O/c1-14(2)21(22-18-8-6-5-7-9-18)23-19-10-11-20-16(4)15(3)12-17(20)13-19;1-10(2)16(17-5)18-14-7-6-13-8-11(3)12(4)15(13)9-14;1-6-16(4,5)17-14-7-8-15-12(3)11(2)9-13(15)10-14/h10-11,13-16,18,21H,5-9,12H2,1-4H3;6-7,9-12,16H,8H2,1-5H3;7-8,10-12H,6,9H2,1-5H3. The van der Waals surface area contributed by atoms with Gasteiger partial charge in [0.2, 0.25) is 12.6 Å².